The Bertz CT molecular complexity index is 877. The van der Waals surface area contributed by atoms with Crippen molar-refractivity contribution in [1.82, 2.24) is 15.1 Å². The highest BCUT2D eigenvalue weighted by atomic mass is 16.5. The minimum atomic E-state index is 0.629. The van der Waals surface area contributed by atoms with Crippen LogP contribution in [0.15, 0.2) is 65.3 Å². The largest absolute Gasteiger partial charge is 0.361 e. The minimum Gasteiger partial charge on any atom is -0.361 e. The number of rotatable bonds is 3. The van der Waals surface area contributed by atoms with E-state index in [4.69, 9.17) is 4.52 Å². The Morgan fingerprint density at radius 1 is 1.00 bits per heavy atom. The Balaban J connectivity index is 1.64. The first-order valence-electron chi connectivity index (χ1n) is 6.82. The predicted molar refractivity (Wildman–Crippen MR) is 80.8 cm³/mol. The molecular formula is C17H13N3O. The van der Waals surface area contributed by atoms with E-state index in [1.165, 1.54) is 0 Å². The van der Waals surface area contributed by atoms with Gasteiger partial charge in [0.1, 0.15) is 0 Å². The number of fused-ring (bicyclic) bond motifs is 1. The van der Waals surface area contributed by atoms with E-state index in [1.807, 2.05) is 42.6 Å². The molecule has 2 aromatic heterocycles. The lowest BCUT2D eigenvalue weighted by molar-refractivity contribution is 0.385. The smallest absolute Gasteiger partial charge is 0.231 e. The highest BCUT2D eigenvalue weighted by Gasteiger charge is 2.09. The van der Waals surface area contributed by atoms with Crippen molar-refractivity contribution in [3.05, 3.63) is 72.2 Å². The zero-order valence-corrected chi connectivity index (χ0v) is 11.3. The third-order valence-corrected chi connectivity index (χ3v) is 3.48. The first-order valence-corrected chi connectivity index (χ1v) is 6.82. The second-order valence-corrected chi connectivity index (χ2v) is 4.95. The monoisotopic (exact) mass is 275 g/mol. The zero-order chi connectivity index (χ0) is 14.1. The van der Waals surface area contributed by atoms with E-state index in [2.05, 4.69) is 33.3 Å². The van der Waals surface area contributed by atoms with Gasteiger partial charge in [-0.3, -0.25) is 0 Å². The van der Waals surface area contributed by atoms with Crippen molar-refractivity contribution in [1.29, 1.82) is 0 Å². The van der Waals surface area contributed by atoms with Gasteiger partial charge in [0, 0.05) is 22.7 Å². The fourth-order valence-electron chi connectivity index (χ4n) is 2.41. The SMILES string of the molecule is c1ccc(Cc2nc(-c3ccc4[nH]ccc4c3)no2)cc1. The van der Waals surface area contributed by atoms with Crippen LogP contribution in [-0.4, -0.2) is 15.1 Å². The predicted octanol–water partition coefficient (Wildman–Crippen LogP) is 3.81. The first kappa shape index (κ1) is 11.9. The van der Waals surface area contributed by atoms with E-state index >= 15 is 0 Å². The van der Waals surface area contributed by atoms with Crippen molar-refractivity contribution in [2.45, 2.75) is 6.42 Å². The van der Waals surface area contributed by atoms with Crippen molar-refractivity contribution in [2.24, 2.45) is 0 Å². The maximum absolute atomic E-state index is 5.35. The second-order valence-electron chi connectivity index (χ2n) is 4.95. The van der Waals surface area contributed by atoms with Gasteiger partial charge in [-0.15, -0.1) is 0 Å². The summed E-state index contributed by atoms with van der Waals surface area (Å²) in [5, 5.41) is 5.22. The Hall–Kier alpha value is -2.88. The third-order valence-electron chi connectivity index (χ3n) is 3.48. The second kappa shape index (κ2) is 4.90. The van der Waals surface area contributed by atoms with Gasteiger partial charge in [-0.05, 0) is 29.8 Å². The molecule has 1 N–H and O–H groups in total. The number of nitrogens with zero attached hydrogens (tertiary/aromatic N) is 2. The van der Waals surface area contributed by atoms with Crippen LogP contribution in [0, 0.1) is 0 Å². The lowest BCUT2D eigenvalue weighted by Gasteiger charge is -1.95. The topological polar surface area (TPSA) is 54.7 Å². The summed E-state index contributed by atoms with van der Waals surface area (Å²) >= 11 is 0. The van der Waals surface area contributed by atoms with Gasteiger partial charge in [0.15, 0.2) is 0 Å². The molecule has 0 aliphatic heterocycles. The quantitative estimate of drug-likeness (QED) is 0.618. The van der Waals surface area contributed by atoms with Crippen molar-refractivity contribution in [3.8, 4) is 11.4 Å². The van der Waals surface area contributed by atoms with Gasteiger partial charge in [-0.2, -0.15) is 4.98 Å². The van der Waals surface area contributed by atoms with Gasteiger partial charge in [0.05, 0.1) is 6.42 Å². The molecule has 0 radical (unpaired) electrons. The number of H-pyrrole nitrogens is 1. The lowest BCUT2D eigenvalue weighted by atomic mass is 10.1. The van der Waals surface area contributed by atoms with Crippen LogP contribution in [0.1, 0.15) is 11.5 Å². The molecule has 0 aliphatic rings. The molecule has 4 heteroatoms. The van der Waals surface area contributed by atoms with Gasteiger partial charge in [0.2, 0.25) is 11.7 Å². The molecule has 0 aliphatic carbocycles. The Morgan fingerprint density at radius 2 is 1.90 bits per heavy atom. The van der Waals surface area contributed by atoms with Gasteiger partial charge >= 0.3 is 0 Å². The van der Waals surface area contributed by atoms with Crippen molar-refractivity contribution >= 4 is 10.9 Å². The molecule has 102 valence electrons. The molecule has 4 rings (SSSR count). The van der Waals surface area contributed by atoms with Crippen LogP contribution in [0.5, 0.6) is 0 Å². The lowest BCUT2D eigenvalue weighted by Crippen LogP contribution is -1.87. The molecule has 0 unspecified atom stereocenters. The standard InChI is InChI=1S/C17H13N3O/c1-2-4-12(5-3-1)10-16-19-17(20-21-16)14-6-7-15-13(11-14)8-9-18-15/h1-9,11,18H,10H2. The number of aromatic nitrogens is 3. The molecule has 0 atom stereocenters. The molecule has 2 aromatic carbocycles. The fourth-order valence-corrected chi connectivity index (χ4v) is 2.41. The third kappa shape index (κ3) is 2.31. The summed E-state index contributed by atoms with van der Waals surface area (Å²) in [4.78, 5) is 7.65. The van der Waals surface area contributed by atoms with Crippen LogP contribution in [0.25, 0.3) is 22.3 Å². The molecule has 4 nitrogen and oxygen atoms in total. The van der Waals surface area contributed by atoms with Crippen LogP contribution in [0.4, 0.5) is 0 Å². The first-order chi connectivity index (χ1) is 10.4. The summed E-state index contributed by atoms with van der Waals surface area (Å²) in [5.41, 5.74) is 3.23. The summed E-state index contributed by atoms with van der Waals surface area (Å²) in [7, 11) is 0. The van der Waals surface area contributed by atoms with Crippen molar-refractivity contribution in [3.63, 3.8) is 0 Å². The van der Waals surface area contributed by atoms with Gasteiger partial charge in [-0.25, -0.2) is 0 Å². The molecule has 0 saturated carbocycles. The minimum absolute atomic E-state index is 0.629. The van der Waals surface area contributed by atoms with Crippen LogP contribution in [0.3, 0.4) is 0 Å². The van der Waals surface area contributed by atoms with E-state index in [1.54, 1.807) is 0 Å². The molecule has 4 aromatic rings. The number of hydrogen-bond donors (Lipinski definition) is 1. The van der Waals surface area contributed by atoms with Crippen LogP contribution >= 0.6 is 0 Å². The number of nitrogens with one attached hydrogen (secondary N) is 1. The summed E-state index contributed by atoms with van der Waals surface area (Å²) < 4.78 is 5.35. The normalized spacial score (nSPS) is 11.0. The molecule has 0 fully saturated rings. The van der Waals surface area contributed by atoms with E-state index < -0.39 is 0 Å². The van der Waals surface area contributed by atoms with E-state index in [9.17, 15) is 0 Å². The number of hydrogen-bond acceptors (Lipinski definition) is 3. The highest BCUT2D eigenvalue weighted by Crippen LogP contribution is 2.22. The molecule has 0 saturated heterocycles. The average Bonchev–Trinajstić information content (AvgIpc) is 3.16. The molecule has 0 spiro atoms. The zero-order valence-electron chi connectivity index (χ0n) is 11.3. The van der Waals surface area contributed by atoms with Gasteiger partial charge in [-0.1, -0.05) is 35.5 Å². The van der Waals surface area contributed by atoms with Gasteiger partial charge in [0.25, 0.3) is 0 Å². The summed E-state index contributed by atoms with van der Waals surface area (Å²) in [5.74, 6) is 1.26. The maximum Gasteiger partial charge on any atom is 0.231 e. The molecule has 0 amide bonds. The molecular weight excluding hydrogens is 262 g/mol. The van der Waals surface area contributed by atoms with E-state index in [0.29, 0.717) is 18.1 Å². The van der Waals surface area contributed by atoms with Crippen molar-refractivity contribution in [2.75, 3.05) is 0 Å². The Labute approximate surface area is 121 Å². The Kier molecular flexibility index (Phi) is 2.78. The maximum atomic E-state index is 5.35. The summed E-state index contributed by atoms with van der Waals surface area (Å²) in [6.07, 6.45) is 2.58. The molecule has 21 heavy (non-hydrogen) atoms. The summed E-state index contributed by atoms with van der Waals surface area (Å²) in [6.45, 7) is 0. The van der Waals surface area contributed by atoms with E-state index in [-0.39, 0.29) is 0 Å². The van der Waals surface area contributed by atoms with Crippen molar-refractivity contribution < 1.29 is 4.52 Å². The molecule has 0 bridgehead atoms. The van der Waals surface area contributed by atoms with Gasteiger partial charge < -0.3 is 9.51 Å². The van der Waals surface area contributed by atoms with Crippen LogP contribution in [0.2, 0.25) is 0 Å². The van der Waals surface area contributed by atoms with Crippen LogP contribution in [-0.2, 0) is 6.42 Å². The van der Waals surface area contributed by atoms with E-state index in [0.717, 1.165) is 22.0 Å². The highest BCUT2D eigenvalue weighted by molar-refractivity contribution is 5.83. The molecule has 2 heterocycles. The van der Waals surface area contributed by atoms with Crippen LogP contribution < -0.4 is 0 Å². The fraction of sp³-hybridized carbons (Fsp3) is 0.0588. The summed E-state index contributed by atoms with van der Waals surface area (Å²) in [6, 6.07) is 18.2. The number of benzene rings is 2. The average molecular weight is 275 g/mol. The number of aromatic amines is 1. The Morgan fingerprint density at radius 3 is 2.81 bits per heavy atom.